The summed E-state index contributed by atoms with van der Waals surface area (Å²) in [6.07, 6.45) is 12.1. The van der Waals surface area contributed by atoms with E-state index in [4.69, 9.17) is 5.21 Å². The minimum absolute atomic E-state index is 0.803. The number of fused-ring (bicyclic) bond motifs is 2. The van der Waals surface area contributed by atoms with Crippen LogP contribution in [0.2, 0.25) is 0 Å². The molecule has 0 bridgehead atoms. The maximum absolute atomic E-state index is 8.71. The lowest BCUT2D eigenvalue weighted by Gasteiger charge is -2.02. The molecule has 0 saturated carbocycles. The molecule has 0 fully saturated rings. The molecule has 0 spiro atoms. The normalized spacial score (nSPS) is 14.1. The van der Waals surface area contributed by atoms with Gasteiger partial charge in [-0.3, -0.25) is 4.98 Å². The van der Waals surface area contributed by atoms with Gasteiger partial charge in [0.05, 0.1) is 17.6 Å². The van der Waals surface area contributed by atoms with Crippen molar-refractivity contribution in [2.45, 2.75) is 19.3 Å². The summed E-state index contributed by atoms with van der Waals surface area (Å²) in [6, 6.07) is 6.10. The highest BCUT2D eigenvalue weighted by atomic mass is 32.2. The predicted octanol–water partition coefficient (Wildman–Crippen LogP) is 4.52. The highest BCUT2D eigenvalue weighted by molar-refractivity contribution is 8.04. The molecule has 3 aromatic rings. The van der Waals surface area contributed by atoms with E-state index >= 15 is 0 Å². The van der Waals surface area contributed by atoms with E-state index in [1.807, 2.05) is 41.4 Å². The van der Waals surface area contributed by atoms with Crippen LogP contribution >= 0.6 is 11.8 Å². The van der Waals surface area contributed by atoms with Crippen molar-refractivity contribution in [3.8, 4) is 0 Å². The van der Waals surface area contributed by atoms with Crippen molar-refractivity contribution in [3.63, 3.8) is 0 Å². The van der Waals surface area contributed by atoms with Crippen LogP contribution in [0.3, 0.4) is 0 Å². The summed E-state index contributed by atoms with van der Waals surface area (Å²) in [7, 11) is 1.90. The summed E-state index contributed by atoms with van der Waals surface area (Å²) in [4.78, 5) is 8.44. The highest BCUT2D eigenvalue weighted by Crippen LogP contribution is 2.25. The number of thioether (sulfide) groups is 1. The van der Waals surface area contributed by atoms with Crippen LogP contribution in [0.5, 0.6) is 0 Å². The first kappa shape index (κ1) is 19.7. The molecule has 1 aliphatic carbocycles. The second-order valence-electron chi connectivity index (χ2n) is 6.12. The Kier molecular flexibility index (Phi) is 6.86. The number of aryl methyl sites for hydroxylation is 1. The fourth-order valence-electron chi connectivity index (χ4n) is 3.00. The van der Waals surface area contributed by atoms with Gasteiger partial charge in [-0.25, -0.2) is 4.98 Å². The second-order valence-corrected chi connectivity index (χ2v) is 7.00. The first-order chi connectivity index (χ1) is 13.7. The molecule has 0 radical (unpaired) electrons. The third-order valence-electron chi connectivity index (χ3n) is 4.37. The van der Waals surface area contributed by atoms with E-state index in [-0.39, 0.29) is 0 Å². The van der Waals surface area contributed by atoms with Gasteiger partial charge in [0.1, 0.15) is 0 Å². The summed E-state index contributed by atoms with van der Waals surface area (Å²) in [5.74, 6) is 0. The molecule has 2 aromatic heterocycles. The minimum Gasteiger partial charge on any atom is -0.411 e. The molecule has 0 aliphatic heterocycles. The quantitative estimate of drug-likeness (QED) is 0.493. The molecule has 0 amide bonds. The van der Waals surface area contributed by atoms with Crippen LogP contribution in [0.4, 0.5) is 5.69 Å². The van der Waals surface area contributed by atoms with Crippen molar-refractivity contribution in [1.82, 2.24) is 14.4 Å². The van der Waals surface area contributed by atoms with Gasteiger partial charge in [0, 0.05) is 43.3 Å². The largest absolute Gasteiger partial charge is 0.411 e. The van der Waals surface area contributed by atoms with Crippen LogP contribution < -0.4 is 5.32 Å². The molecule has 28 heavy (non-hydrogen) atoms. The van der Waals surface area contributed by atoms with Gasteiger partial charge in [0.15, 0.2) is 5.65 Å². The number of hydrogen-bond donors (Lipinski definition) is 2. The van der Waals surface area contributed by atoms with E-state index in [1.165, 1.54) is 5.56 Å². The zero-order chi connectivity index (χ0) is 19.8. The molecule has 2 heterocycles. The van der Waals surface area contributed by atoms with Gasteiger partial charge < -0.3 is 14.9 Å². The van der Waals surface area contributed by atoms with Crippen LogP contribution in [0, 0.1) is 0 Å². The summed E-state index contributed by atoms with van der Waals surface area (Å²) in [5, 5.41) is 18.9. The van der Waals surface area contributed by atoms with Crippen molar-refractivity contribution < 1.29 is 5.21 Å². The van der Waals surface area contributed by atoms with E-state index < -0.39 is 0 Å². The molecule has 144 valence electrons. The Bertz CT molecular complexity index is 976. The SMILES string of the molecule is C=CS/C=C\Cc1cn2ccncc2n1.CNc1ccc2c(c1)CC/C2=N\O. The average molecular weight is 394 g/mol. The van der Waals surface area contributed by atoms with E-state index in [2.05, 4.69) is 39.2 Å². The van der Waals surface area contributed by atoms with E-state index in [9.17, 15) is 0 Å². The second kappa shape index (κ2) is 9.75. The number of imidazole rings is 1. The van der Waals surface area contributed by atoms with Crippen molar-refractivity contribution >= 4 is 28.8 Å². The Morgan fingerprint density at radius 2 is 2.29 bits per heavy atom. The predicted molar refractivity (Wildman–Crippen MR) is 116 cm³/mol. The Hall–Kier alpha value is -3.06. The minimum atomic E-state index is 0.803. The van der Waals surface area contributed by atoms with Crippen LogP contribution in [0.25, 0.3) is 5.65 Å². The number of benzene rings is 1. The Morgan fingerprint density at radius 3 is 3.04 bits per heavy atom. The molecule has 0 unspecified atom stereocenters. The molecule has 1 aliphatic rings. The third kappa shape index (κ3) is 4.80. The van der Waals surface area contributed by atoms with Crippen molar-refractivity contribution in [2.24, 2.45) is 5.16 Å². The highest BCUT2D eigenvalue weighted by Gasteiger charge is 2.17. The van der Waals surface area contributed by atoms with Gasteiger partial charge in [-0.2, -0.15) is 0 Å². The number of nitrogens with one attached hydrogen (secondary N) is 1. The number of aromatic nitrogens is 3. The number of nitrogens with zero attached hydrogens (tertiary/aromatic N) is 4. The zero-order valence-electron chi connectivity index (χ0n) is 15.7. The van der Waals surface area contributed by atoms with Gasteiger partial charge >= 0.3 is 0 Å². The fourth-order valence-corrected chi connectivity index (χ4v) is 3.32. The van der Waals surface area contributed by atoms with Crippen molar-refractivity contribution in [2.75, 3.05) is 12.4 Å². The van der Waals surface area contributed by atoms with Crippen LogP contribution in [-0.2, 0) is 12.8 Å². The van der Waals surface area contributed by atoms with Gasteiger partial charge in [-0.05, 0) is 41.4 Å². The average Bonchev–Trinajstić information content (AvgIpc) is 3.34. The third-order valence-corrected chi connectivity index (χ3v) is 4.91. The van der Waals surface area contributed by atoms with Gasteiger partial charge in [-0.15, -0.1) is 11.8 Å². The van der Waals surface area contributed by atoms with Crippen molar-refractivity contribution in [1.29, 1.82) is 0 Å². The number of rotatable bonds is 5. The maximum Gasteiger partial charge on any atom is 0.155 e. The van der Waals surface area contributed by atoms with E-state index in [1.54, 1.807) is 29.6 Å². The standard InChI is InChI=1S/C11H11N3S.C10H12N2O/c1-2-15-7-3-4-10-9-14-6-5-12-8-11(14)13-10;1-11-8-3-4-9-7(6-8)2-5-10(9)12-13/h2-3,5-9H,1,4H2;3-4,6,11,13H,2,5H2,1H3/b7-3-;12-10+. The first-order valence-corrected chi connectivity index (χ1v) is 9.90. The topological polar surface area (TPSA) is 74.8 Å². The first-order valence-electron chi connectivity index (χ1n) is 8.96. The maximum atomic E-state index is 8.71. The van der Waals surface area contributed by atoms with Crippen LogP contribution in [0.15, 0.2) is 71.6 Å². The Morgan fingerprint density at radius 1 is 1.39 bits per heavy atom. The van der Waals surface area contributed by atoms with E-state index in [0.29, 0.717) is 0 Å². The lowest BCUT2D eigenvalue weighted by Crippen LogP contribution is -1.95. The molecule has 4 rings (SSSR count). The van der Waals surface area contributed by atoms with Crippen LogP contribution in [-0.4, -0.2) is 32.3 Å². The van der Waals surface area contributed by atoms with Gasteiger partial charge in [0.25, 0.3) is 0 Å². The van der Waals surface area contributed by atoms with Crippen molar-refractivity contribution in [3.05, 3.63) is 83.3 Å². The number of allylic oxidation sites excluding steroid dienone is 1. The number of oxime groups is 1. The lowest BCUT2D eigenvalue weighted by atomic mass is 10.1. The molecule has 1 aromatic carbocycles. The molecular formula is C21H23N5OS. The van der Waals surface area contributed by atoms with E-state index in [0.717, 1.165) is 47.6 Å². The Labute approximate surface area is 168 Å². The summed E-state index contributed by atoms with van der Waals surface area (Å²) < 4.78 is 1.97. The summed E-state index contributed by atoms with van der Waals surface area (Å²) >= 11 is 1.57. The fraction of sp³-hybridized carbons (Fsp3) is 0.190. The Balaban J connectivity index is 0.000000162. The molecule has 2 N–H and O–H groups in total. The van der Waals surface area contributed by atoms with Gasteiger partial charge in [0.2, 0.25) is 0 Å². The lowest BCUT2D eigenvalue weighted by molar-refractivity contribution is 0.318. The molecular weight excluding hydrogens is 370 g/mol. The number of anilines is 1. The number of hydrogen-bond acceptors (Lipinski definition) is 6. The molecule has 7 heteroatoms. The molecule has 0 atom stereocenters. The zero-order valence-corrected chi connectivity index (χ0v) is 16.6. The summed E-state index contributed by atoms with van der Waals surface area (Å²) in [5.41, 5.74) is 6.19. The smallest absolute Gasteiger partial charge is 0.155 e. The monoisotopic (exact) mass is 393 g/mol. The van der Waals surface area contributed by atoms with Crippen LogP contribution in [0.1, 0.15) is 23.2 Å². The van der Waals surface area contributed by atoms with Gasteiger partial charge in [-0.1, -0.05) is 23.9 Å². The summed E-state index contributed by atoms with van der Waals surface area (Å²) in [6.45, 7) is 3.62. The molecule has 0 saturated heterocycles. The molecule has 6 nitrogen and oxygen atoms in total.